The number of nitrogens with two attached hydrogens (primary N) is 1. The van der Waals surface area contributed by atoms with E-state index >= 15 is 0 Å². The second-order valence-electron chi connectivity index (χ2n) is 9.54. The van der Waals surface area contributed by atoms with Gasteiger partial charge in [-0.3, -0.25) is 19.8 Å². The molecule has 8 heteroatoms. The first-order valence-electron chi connectivity index (χ1n) is 12.3. The van der Waals surface area contributed by atoms with Crippen LogP contribution >= 0.6 is 0 Å². The van der Waals surface area contributed by atoms with Crippen LogP contribution in [0.5, 0.6) is 0 Å². The number of aromatic nitrogens is 1. The molecule has 0 bridgehead atoms. The van der Waals surface area contributed by atoms with E-state index in [1.165, 1.54) is 4.90 Å². The molecule has 1 heterocycles. The highest BCUT2D eigenvalue weighted by Crippen LogP contribution is 2.31. The van der Waals surface area contributed by atoms with Crippen LogP contribution in [0.15, 0.2) is 48.7 Å². The molecule has 1 amide bonds. The molecule has 0 unspecified atom stereocenters. The summed E-state index contributed by atoms with van der Waals surface area (Å²) in [5.41, 5.74) is 9.01. The van der Waals surface area contributed by atoms with E-state index in [-0.39, 0.29) is 23.4 Å². The van der Waals surface area contributed by atoms with Crippen LogP contribution in [0, 0.1) is 11.3 Å². The van der Waals surface area contributed by atoms with E-state index < -0.39 is 12.5 Å². The van der Waals surface area contributed by atoms with Gasteiger partial charge in [0, 0.05) is 53.3 Å². The second kappa shape index (κ2) is 10.8. The van der Waals surface area contributed by atoms with Crippen LogP contribution in [-0.4, -0.2) is 39.7 Å². The lowest BCUT2D eigenvalue weighted by molar-refractivity contribution is -0.137. The Balaban J connectivity index is 1.59. The molecule has 0 aliphatic heterocycles. The molecule has 1 aliphatic rings. The number of amidine groups is 1. The fourth-order valence-corrected chi connectivity index (χ4v) is 5.02. The van der Waals surface area contributed by atoms with E-state index in [0.29, 0.717) is 35.0 Å². The molecule has 1 aliphatic carbocycles. The number of nitrogens with one attached hydrogen (secondary N) is 1. The van der Waals surface area contributed by atoms with Crippen molar-refractivity contribution in [3.05, 3.63) is 65.4 Å². The zero-order valence-corrected chi connectivity index (χ0v) is 20.5. The zero-order chi connectivity index (χ0) is 25.8. The van der Waals surface area contributed by atoms with Crippen molar-refractivity contribution >= 4 is 40.1 Å². The van der Waals surface area contributed by atoms with Crippen LogP contribution in [0.2, 0.25) is 0 Å². The van der Waals surface area contributed by atoms with Crippen molar-refractivity contribution in [1.82, 2.24) is 4.57 Å². The number of carbonyl (C=O) groups is 3. The maximum absolute atomic E-state index is 13.3. The SMILES string of the molecule is Cn1cc(C(=O)CCc2ccc(C(=N)N)cc2)c2cc(N(CC(=O)O)C(=O)C3CCCCC3)ccc21. The Bertz CT molecular complexity index is 1300. The first-order valence-corrected chi connectivity index (χ1v) is 12.3. The highest BCUT2D eigenvalue weighted by Gasteiger charge is 2.29. The average molecular weight is 489 g/mol. The molecule has 0 atom stereocenters. The highest BCUT2D eigenvalue weighted by atomic mass is 16.4. The number of aryl methyl sites for hydroxylation is 2. The molecular weight excluding hydrogens is 456 g/mol. The van der Waals surface area contributed by atoms with Gasteiger partial charge in [0.2, 0.25) is 5.91 Å². The fourth-order valence-electron chi connectivity index (χ4n) is 5.02. The Morgan fingerprint density at radius 3 is 2.42 bits per heavy atom. The summed E-state index contributed by atoms with van der Waals surface area (Å²) >= 11 is 0. The number of carboxylic acid groups (broad SMARTS) is 1. The molecular formula is C28H32N4O4. The van der Waals surface area contributed by atoms with Gasteiger partial charge in [0.25, 0.3) is 0 Å². The van der Waals surface area contributed by atoms with Gasteiger partial charge in [-0.1, -0.05) is 43.5 Å². The van der Waals surface area contributed by atoms with Crippen molar-refractivity contribution in [2.45, 2.75) is 44.9 Å². The summed E-state index contributed by atoms with van der Waals surface area (Å²) in [6.07, 6.45) is 7.24. The summed E-state index contributed by atoms with van der Waals surface area (Å²) in [5, 5.41) is 17.7. The maximum Gasteiger partial charge on any atom is 0.323 e. The van der Waals surface area contributed by atoms with Gasteiger partial charge >= 0.3 is 5.97 Å². The number of benzene rings is 2. The van der Waals surface area contributed by atoms with Crippen molar-refractivity contribution in [1.29, 1.82) is 5.41 Å². The first kappa shape index (κ1) is 25.2. The third-order valence-corrected chi connectivity index (χ3v) is 7.00. The lowest BCUT2D eigenvalue weighted by Gasteiger charge is -2.28. The number of rotatable bonds is 9. The molecule has 4 N–H and O–H groups in total. The van der Waals surface area contributed by atoms with Gasteiger partial charge in [-0.15, -0.1) is 0 Å². The van der Waals surface area contributed by atoms with E-state index in [4.69, 9.17) is 11.1 Å². The van der Waals surface area contributed by atoms with Gasteiger partial charge in [-0.05, 0) is 43.0 Å². The van der Waals surface area contributed by atoms with E-state index in [2.05, 4.69) is 0 Å². The van der Waals surface area contributed by atoms with E-state index in [0.717, 1.165) is 43.2 Å². The largest absolute Gasteiger partial charge is 0.480 e. The molecule has 0 spiro atoms. The molecule has 1 aromatic heterocycles. The maximum atomic E-state index is 13.3. The van der Waals surface area contributed by atoms with Crippen LogP contribution in [0.25, 0.3) is 10.9 Å². The first-order chi connectivity index (χ1) is 17.2. The van der Waals surface area contributed by atoms with Gasteiger partial charge in [0.05, 0.1) is 0 Å². The summed E-state index contributed by atoms with van der Waals surface area (Å²) in [7, 11) is 1.86. The number of hydrogen-bond donors (Lipinski definition) is 3. The number of anilines is 1. The predicted molar refractivity (Wildman–Crippen MR) is 140 cm³/mol. The summed E-state index contributed by atoms with van der Waals surface area (Å²) in [6, 6.07) is 12.6. The molecule has 188 valence electrons. The monoisotopic (exact) mass is 488 g/mol. The Kier molecular flexibility index (Phi) is 7.52. The van der Waals surface area contributed by atoms with Gasteiger partial charge < -0.3 is 20.3 Å². The molecule has 4 rings (SSSR count). The molecule has 0 saturated heterocycles. The summed E-state index contributed by atoms with van der Waals surface area (Å²) in [4.78, 5) is 39.5. The molecule has 1 fully saturated rings. The van der Waals surface area contributed by atoms with Crippen molar-refractivity contribution in [3.63, 3.8) is 0 Å². The van der Waals surface area contributed by atoms with E-state index in [9.17, 15) is 19.5 Å². The highest BCUT2D eigenvalue weighted by molar-refractivity contribution is 6.10. The average Bonchev–Trinajstić information content (AvgIpc) is 3.21. The fraction of sp³-hybridized carbons (Fsp3) is 0.357. The molecule has 36 heavy (non-hydrogen) atoms. The molecule has 8 nitrogen and oxygen atoms in total. The molecule has 0 radical (unpaired) electrons. The number of fused-ring (bicyclic) bond motifs is 1. The quantitative estimate of drug-likeness (QED) is 0.235. The minimum atomic E-state index is -1.07. The Morgan fingerprint density at radius 1 is 1.08 bits per heavy atom. The molecule has 2 aromatic carbocycles. The standard InChI is InChI=1S/C28H32N4O4/c1-31-16-23(25(33)14-9-18-7-10-19(11-8-18)27(29)30)22-15-21(12-13-24(22)31)32(17-26(34)35)28(36)20-5-3-2-4-6-20/h7-8,10-13,15-16,20H,2-6,9,14,17H2,1H3,(H3,29,30)(H,34,35). The van der Waals surface area contributed by atoms with E-state index in [1.807, 2.05) is 29.8 Å². The third-order valence-electron chi connectivity index (χ3n) is 7.00. The second-order valence-corrected chi connectivity index (χ2v) is 9.54. The number of carboxylic acids is 1. The van der Waals surface area contributed by atoms with Gasteiger partial charge in [-0.2, -0.15) is 0 Å². The lowest BCUT2D eigenvalue weighted by atomic mass is 9.88. The Hall–Kier alpha value is -3.94. The van der Waals surface area contributed by atoms with Gasteiger partial charge in [0.15, 0.2) is 5.78 Å². The number of amides is 1. The molecule has 1 saturated carbocycles. The summed E-state index contributed by atoms with van der Waals surface area (Å²) in [6.45, 7) is -0.410. The van der Waals surface area contributed by atoms with Crippen LogP contribution in [0.1, 0.15) is 60.0 Å². The smallest absolute Gasteiger partial charge is 0.323 e. The van der Waals surface area contributed by atoms with Crippen LogP contribution in [0.4, 0.5) is 5.69 Å². The van der Waals surface area contributed by atoms with E-state index in [1.54, 1.807) is 30.5 Å². The number of carbonyl (C=O) groups excluding carboxylic acids is 2. The van der Waals surface area contributed by atoms with Gasteiger partial charge in [-0.25, -0.2) is 0 Å². The topological polar surface area (TPSA) is 129 Å². The van der Waals surface area contributed by atoms with Gasteiger partial charge in [0.1, 0.15) is 12.4 Å². The third kappa shape index (κ3) is 5.48. The summed E-state index contributed by atoms with van der Waals surface area (Å²) < 4.78 is 1.87. The number of hydrogen-bond acceptors (Lipinski definition) is 4. The Labute approximate surface area is 210 Å². The van der Waals surface area contributed by atoms with Crippen molar-refractivity contribution < 1.29 is 19.5 Å². The van der Waals surface area contributed by atoms with Crippen LogP contribution in [-0.2, 0) is 23.1 Å². The minimum absolute atomic E-state index is 0.00287. The number of aliphatic carboxylic acids is 1. The normalized spacial score (nSPS) is 14.0. The predicted octanol–water partition coefficient (Wildman–Crippen LogP) is 4.28. The summed E-state index contributed by atoms with van der Waals surface area (Å²) in [5.74, 6) is -1.42. The number of nitrogens with zero attached hydrogens (tertiary/aromatic N) is 2. The van der Waals surface area contributed by atoms with Crippen LogP contribution in [0.3, 0.4) is 0 Å². The number of Topliss-reactive ketones (excluding diaryl/α,β-unsaturated/α-hetero) is 1. The zero-order valence-electron chi connectivity index (χ0n) is 20.5. The number of ketones is 1. The van der Waals surface area contributed by atoms with Crippen molar-refractivity contribution in [2.75, 3.05) is 11.4 Å². The lowest BCUT2D eigenvalue weighted by Crippen LogP contribution is -2.40. The van der Waals surface area contributed by atoms with Crippen molar-refractivity contribution in [3.8, 4) is 0 Å². The van der Waals surface area contributed by atoms with Crippen molar-refractivity contribution in [2.24, 2.45) is 18.7 Å². The molecule has 3 aromatic rings. The Morgan fingerprint density at radius 2 is 1.78 bits per heavy atom. The van der Waals surface area contributed by atoms with Crippen LogP contribution < -0.4 is 10.6 Å². The minimum Gasteiger partial charge on any atom is -0.480 e. The number of nitrogen functional groups attached to an aromatic ring is 1.